The molecule has 13 heavy (non-hydrogen) atoms. The molecule has 7 nitrogen and oxygen atoms in total. The molecular weight excluding hydrogens is 182 g/mol. The summed E-state index contributed by atoms with van der Waals surface area (Å²) in [5.41, 5.74) is 4.97. The fourth-order valence-corrected chi connectivity index (χ4v) is 0.641. The highest BCUT2D eigenvalue weighted by atomic mass is 16.4. The zero-order valence-corrected chi connectivity index (χ0v) is 6.57. The molecule has 4 atom stereocenters. The molecule has 0 aromatic carbocycles. The summed E-state index contributed by atoms with van der Waals surface area (Å²) in [5.74, 6) is -1.70. The minimum absolute atomic E-state index is 0.141. The van der Waals surface area contributed by atoms with Crippen LogP contribution in [0.1, 0.15) is 0 Å². The molecule has 0 saturated carbocycles. The largest absolute Gasteiger partial charge is 0.479 e. The summed E-state index contributed by atoms with van der Waals surface area (Å²) in [7, 11) is 0. The number of carboxylic acids is 1. The number of hydrogen-bond acceptors (Lipinski definition) is 6. The lowest BCUT2D eigenvalue weighted by atomic mass is 10.0. The lowest BCUT2D eigenvalue weighted by Crippen LogP contribution is -2.51. The van der Waals surface area contributed by atoms with Crippen molar-refractivity contribution in [3.8, 4) is 0 Å². The van der Waals surface area contributed by atoms with E-state index in [2.05, 4.69) is 0 Å². The molecule has 6 N–H and O–H groups in total. The smallest absolute Gasteiger partial charge is 0.335 e. The van der Waals surface area contributed by atoms with E-state index in [0.717, 1.165) is 0 Å². The maximum Gasteiger partial charge on any atom is 0.335 e. The van der Waals surface area contributed by atoms with Gasteiger partial charge in [-0.2, -0.15) is 0 Å². The molecule has 76 valence electrons. The summed E-state index contributed by atoms with van der Waals surface area (Å²) in [6.07, 6.45) is -5.81. The number of carboxylic acid groups (broad SMARTS) is 1. The van der Waals surface area contributed by atoms with Crippen molar-refractivity contribution < 1.29 is 30.0 Å². The maximum absolute atomic E-state index is 10.1. The topological polar surface area (TPSA) is 141 Å². The van der Waals surface area contributed by atoms with Crippen LogP contribution in [0.5, 0.6) is 0 Å². The summed E-state index contributed by atoms with van der Waals surface area (Å²) in [6.45, 7) is 0. The number of nitrogens with two attached hydrogens (primary N) is 1. The number of aliphatic hydroxyl groups is 3. The first kappa shape index (κ1) is 12.0. The van der Waals surface area contributed by atoms with Gasteiger partial charge in [0.25, 0.3) is 0 Å². The van der Waals surface area contributed by atoms with Gasteiger partial charge in [-0.3, -0.25) is 0 Å². The zero-order valence-electron chi connectivity index (χ0n) is 6.57. The van der Waals surface area contributed by atoms with Crippen molar-refractivity contribution in [2.24, 2.45) is 5.73 Å². The van der Waals surface area contributed by atoms with Gasteiger partial charge in [0.15, 0.2) is 6.10 Å². The predicted molar refractivity (Wildman–Crippen MR) is 39.7 cm³/mol. The lowest BCUT2D eigenvalue weighted by molar-refractivity contribution is -0.159. The van der Waals surface area contributed by atoms with Gasteiger partial charge in [0.1, 0.15) is 18.5 Å². The molecule has 0 fully saturated rings. The Hall–Kier alpha value is -1.02. The minimum atomic E-state index is -2.17. The molecule has 0 aliphatic heterocycles. The Labute approximate surface area is 73.4 Å². The van der Waals surface area contributed by atoms with Crippen LogP contribution in [0.25, 0.3) is 0 Å². The minimum Gasteiger partial charge on any atom is -0.479 e. The third kappa shape index (κ3) is 3.07. The summed E-state index contributed by atoms with van der Waals surface area (Å²) >= 11 is 0. The molecule has 0 unspecified atom stereocenters. The Balaban J connectivity index is 4.32. The van der Waals surface area contributed by atoms with Gasteiger partial charge in [0.2, 0.25) is 0 Å². The van der Waals surface area contributed by atoms with Gasteiger partial charge in [0, 0.05) is 0 Å². The van der Waals surface area contributed by atoms with Gasteiger partial charge in [-0.25, -0.2) is 4.79 Å². The van der Waals surface area contributed by atoms with Crippen LogP contribution in [0.4, 0.5) is 0 Å². The molecule has 0 rings (SSSR count). The van der Waals surface area contributed by atoms with Crippen molar-refractivity contribution in [2.75, 3.05) is 0 Å². The number of carbonyl (C=O) groups is 2. The van der Waals surface area contributed by atoms with Crippen molar-refractivity contribution in [2.45, 2.75) is 24.4 Å². The normalized spacial score (nSPS) is 20.0. The van der Waals surface area contributed by atoms with E-state index in [0.29, 0.717) is 0 Å². The first-order valence-corrected chi connectivity index (χ1v) is 3.39. The van der Waals surface area contributed by atoms with E-state index < -0.39 is 30.3 Å². The summed E-state index contributed by atoms with van der Waals surface area (Å²) < 4.78 is 0. The number of aliphatic hydroxyl groups excluding tert-OH is 3. The van der Waals surface area contributed by atoms with Crippen molar-refractivity contribution in [1.82, 2.24) is 0 Å². The fourth-order valence-electron chi connectivity index (χ4n) is 0.641. The Bertz CT molecular complexity index is 196. The van der Waals surface area contributed by atoms with E-state index in [1.54, 1.807) is 0 Å². The van der Waals surface area contributed by atoms with Crippen LogP contribution in [0, 0.1) is 0 Å². The Morgan fingerprint density at radius 1 is 1.23 bits per heavy atom. The Morgan fingerprint density at radius 3 is 2.00 bits per heavy atom. The van der Waals surface area contributed by atoms with E-state index >= 15 is 0 Å². The Morgan fingerprint density at radius 2 is 1.69 bits per heavy atom. The highest BCUT2D eigenvalue weighted by Gasteiger charge is 2.33. The van der Waals surface area contributed by atoms with E-state index in [4.69, 9.17) is 26.2 Å². The highest BCUT2D eigenvalue weighted by molar-refractivity contribution is 5.73. The van der Waals surface area contributed by atoms with Crippen LogP contribution in [0.15, 0.2) is 0 Å². The molecular formula is C6H11NO6. The first-order chi connectivity index (χ1) is 5.91. The van der Waals surface area contributed by atoms with Crippen LogP contribution < -0.4 is 5.73 Å². The molecule has 0 amide bonds. The molecule has 0 aromatic heterocycles. The van der Waals surface area contributed by atoms with Gasteiger partial charge in [0.05, 0.1) is 6.04 Å². The van der Waals surface area contributed by atoms with Gasteiger partial charge in [-0.05, 0) is 0 Å². The molecule has 0 spiro atoms. The summed E-state index contributed by atoms with van der Waals surface area (Å²) in [6, 6.07) is -1.43. The monoisotopic (exact) mass is 193 g/mol. The van der Waals surface area contributed by atoms with Crippen LogP contribution in [-0.4, -0.2) is 57.0 Å². The van der Waals surface area contributed by atoms with Crippen LogP contribution in [0.2, 0.25) is 0 Å². The predicted octanol–water partition coefficient (Wildman–Crippen LogP) is -3.32. The first-order valence-electron chi connectivity index (χ1n) is 3.39. The quantitative estimate of drug-likeness (QED) is 0.287. The highest BCUT2D eigenvalue weighted by Crippen LogP contribution is 2.02. The number of hydrogen-bond donors (Lipinski definition) is 5. The van der Waals surface area contributed by atoms with E-state index in [1.807, 2.05) is 0 Å². The third-order valence-electron chi connectivity index (χ3n) is 1.48. The number of carbonyl (C=O) groups excluding carboxylic acids is 1. The second kappa shape index (κ2) is 4.87. The fraction of sp³-hybridized carbons (Fsp3) is 0.667. The molecule has 0 heterocycles. The Kier molecular flexibility index (Phi) is 4.49. The van der Waals surface area contributed by atoms with Gasteiger partial charge in [-0.15, -0.1) is 0 Å². The molecule has 0 aliphatic rings. The SMILES string of the molecule is N[C@H](C=O)[C@@H](O)[C@H](O)[C@H](O)C(=O)O. The van der Waals surface area contributed by atoms with E-state index in [9.17, 15) is 9.59 Å². The van der Waals surface area contributed by atoms with Gasteiger partial charge < -0.3 is 31.0 Å². The van der Waals surface area contributed by atoms with Gasteiger partial charge >= 0.3 is 5.97 Å². The second-order valence-electron chi connectivity index (χ2n) is 2.48. The molecule has 0 saturated heterocycles. The lowest BCUT2D eigenvalue weighted by Gasteiger charge is -2.21. The number of aliphatic carboxylic acids is 1. The number of rotatable bonds is 5. The van der Waals surface area contributed by atoms with Crippen molar-refractivity contribution in [3.63, 3.8) is 0 Å². The van der Waals surface area contributed by atoms with E-state index in [-0.39, 0.29) is 6.29 Å². The second-order valence-corrected chi connectivity index (χ2v) is 2.48. The summed E-state index contributed by atoms with van der Waals surface area (Å²) in [4.78, 5) is 20.1. The molecule has 0 bridgehead atoms. The number of aldehydes is 1. The molecule has 7 heteroatoms. The van der Waals surface area contributed by atoms with E-state index in [1.165, 1.54) is 0 Å². The molecule has 0 radical (unpaired) electrons. The van der Waals surface area contributed by atoms with Crippen molar-refractivity contribution in [1.29, 1.82) is 0 Å². The van der Waals surface area contributed by atoms with Crippen molar-refractivity contribution >= 4 is 12.3 Å². The third-order valence-corrected chi connectivity index (χ3v) is 1.48. The van der Waals surface area contributed by atoms with Gasteiger partial charge in [-0.1, -0.05) is 0 Å². The van der Waals surface area contributed by atoms with Crippen LogP contribution in [-0.2, 0) is 9.59 Å². The maximum atomic E-state index is 10.1. The summed E-state index contributed by atoms with van der Waals surface area (Å²) in [5, 5.41) is 34.8. The molecule has 0 aliphatic carbocycles. The average molecular weight is 193 g/mol. The zero-order chi connectivity index (χ0) is 10.6. The van der Waals surface area contributed by atoms with Crippen LogP contribution in [0.3, 0.4) is 0 Å². The van der Waals surface area contributed by atoms with Crippen LogP contribution >= 0.6 is 0 Å². The standard InChI is InChI=1S/C6H11NO6/c7-2(1-8)3(9)4(10)5(11)6(12)13/h1-5,9-11H,7H2,(H,12,13)/t2-,3-,4+,5+/m1/s1. The molecule has 0 aromatic rings. The van der Waals surface area contributed by atoms with Crippen molar-refractivity contribution in [3.05, 3.63) is 0 Å². The average Bonchev–Trinajstić information content (AvgIpc) is 2.12.